The van der Waals surface area contributed by atoms with Gasteiger partial charge in [-0.2, -0.15) is 12.6 Å². The SMILES string of the molecule is NS(=O)(=O)C1(S)C=CC=CC1. The van der Waals surface area contributed by atoms with Gasteiger partial charge in [0.15, 0.2) is 4.08 Å². The molecule has 1 aliphatic carbocycles. The second kappa shape index (κ2) is 2.66. The third-order valence-electron chi connectivity index (χ3n) is 1.51. The molecule has 3 nitrogen and oxygen atoms in total. The number of allylic oxidation sites excluding steroid dienone is 3. The molecule has 11 heavy (non-hydrogen) atoms. The molecule has 2 N–H and O–H groups in total. The van der Waals surface area contributed by atoms with Crippen molar-refractivity contribution >= 4 is 22.7 Å². The molecule has 0 fully saturated rings. The van der Waals surface area contributed by atoms with E-state index in [-0.39, 0.29) is 0 Å². The quantitative estimate of drug-likeness (QED) is 0.590. The van der Waals surface area contributed by atoms with Crippen LogP contribution in [0.3, 0.4) is 0 Å². The summed E-state index contributed by atoms with van der Waals surface area (Å²) in [6, 6.07) is 0. The van der Waals surface area contributed by atoms with Crippen LogP contribution in [0.4, 0.5) is 0 Å². The number of primary sulfonamides is 1. The van der Waals surface area contributed by atoms with Gasteiger partial charge in [-0.15, -0.1) is 0 Å². The topological polar surface area (TPSA) is 60.2 Å². The summed E-state index contributed by atoms with van der Waals surface area (Å²) in [5.74, 6) is 0. The third kappa shape index (κ3) is 1.66. The minimum atomic E-state index is -3.60. The second-order valence-electron chi connectivity index (χ2n) is 2.38. The van der Waals surface area contributed by atoms with E-state index in [0.717, 1.165) is 0 Å². The van der Waals surface area contributed by atoms with Crippen LogP contribution in [0.2, 0.25) is 0 Å². The van der Waals surface area contributed by atoms with Crippen molar-refractivity contribution in [2.24, 2.45) is 5.14 Å². The fraction of sp³-hybridized carbons (Fsp3) is 0.333. The Balaban J connectivity index is 3.04. The lowest BCUT2D eigenvalue weighted by atomic mass is 10.2. The maximum Gasteiger partial charge on any atom is 0.228 e. The van der Waals surface area contributed by atoms with Gasteiger partial charge in [0, 0.05) is 0 Å². The molecule has 0 aromatic heterocycles. The number of rotatable bonds is 1. The Morgan fingerprint density at radius 1 is 1.45 bits per heavy atom. The maximum absolute atomic E-state index is 10.9. The first-order valence-corrected chi connectivity index (χ1v) is 5.04. The number of hydrogen-bond donors (Lipinski definition) is 2. The smallest absolute Gasteiger partial charge is 0.227 e. The van der Waals surface area contributed by atoms with E-state index < -0.39 is 14.1 Å². The van der Waals surface area contributed by atoms with Gasteiger partial charge >= 0.3 is 0 Å². The molecule has 5 heteroatoms. The lowest BCUT2D eigenvalue weighted by Crippen LogP contribution is -2.36. The molecule has 0 bridgehead atoms. The van der Waals surface area contributed by atoms with Gasteiger partial charge in [0.25, 0.3) is 0 Å². The van der Waals surface area contributed by atoms with E-state index in [0.29, 0.717) is 6.42 Å². The predicted octanol–water partition coefficient (Wildman–Crippen LogP) is 0.417. The molecule has 0 aromatic rings. The van der Waals surface area contributed by atoms with E-state index in [1.54, 1.807) is 18.2 Å². The van der Waals surface area contributed by atoms with Gasteiger partial charge in [-0.05, 0) is 6.42 Å². The average Bonchev–Trinajstić information content (AvgIpc) is 1.87. The molecule has 1 rings (SSSR count). The van der Waals surface area contributed by atoms with Gasteiger partial charge in [-0.3, -0.25) is 0 Å². The number of sulfonamides is 1. The van der Waals surface area contributed by atoms with E-state index in [1.807, 2.05) is 0 Å². The Hall–Kier alpha value is -0.260. The van der Waals surface area contributed by atoms with Gasteiger partial charge in [0.2, 0.25) is 10.0 Å². The summed E-state index contributed by atoms with van der Waals surface area (Å²) >= 11 is 3.98. The first kappa shape index (κ1) is 8.83. The Morgan fingerprint density at radius 3 is 2.36 bits per heavy atom. The summed E-state index contributed by atoms with van der Waals surface area (Å²) < 4.78 is 20.6. The van der Waals surface area contributed by atoms with Crippen molar-refractivity contribution in [2.45, 2.75) is 10.5 Å². The number of hydrogen-bond acceptors (Lipinski definition) is 3. The van der Waals surface area contributed by atoms with Crippen LogP contribution >= 0.6 is 12.6 Å². The normalized spacial score (nSPS) is 30.7. The zero-order valence-electron chi connectivity index (χ0n) is 5.77. The summed E-state index contributed by atoms with van der Waals surface area (Å²) in [6.45, 7) is 0. The van der Waals surface area contributed by atoms with Crippen molar-refractivity contribution in [3.63, 3.8) is 0 Å². The minimum absolute atomic E-state index is 0.325. The summed E-state index contributed by atoms with van der Waals surface area (Å²) in [5.41, 5.74) is 0. The van der Waals surface area contributed by atoms with Crippen molar-refractivity contribution in [1.82, 2.24) is 0 Å². The van der Waals surface area contributed by atoms with Crippen LogP contribution in [-0.2, 0) is 10.0 Å². The molecule has 0 amide bonds. The fourth-order valence-electron chi connectivity index (χ4n) is 0.800. The molecule has 0 aromatic carbocycles. The molecule has 0 spiro atoms. The molecule has 0 heterocycles. The summed E-state index contributed by atoms with van der Waals surface area (Å²) in [6.07, 6.45) is 6.91. The largest absolute Gasteiger partial charge is 0.228 e. The van der Waals surface area contributed by atoms with E-state index in [1.165, 1.54) is 6.08 Å². The Bertz CT molecular complexity index is 305. The van der Waals surface area contributed by atoms with E-state index in [4.69, 9.17) is 5.14 Å². The van der Waals surface area contributed by atoms with Gasteiger partial charge in [-0.25, -0.2) is 13.6 Å². The molecule has 0 saturated carbocycles. The molecule has 1 unspecified atom stereocenters. The van der Waals surface area contributed by atoms with Gasteiger partial charge in [0.1, 0.15) is 0 Å². The molecule has 1 aliphatic rings. The van der Waals surface area contributed by atoms with E-state index >= 15 is 0 Å². The highest BCUT2D eigenvalue weighted by Crippen LogP contribution is 2.28. The van der Waals surface area contributed by atoms with Crippen molar-refractivity contribution in [3.05, 3.63) is 24.3 Å². The standard InChI is InChI=1S/C6H9NO2S2/c7-11(8,9)6(10)4-2-1-3-5-6/h1-4,10H,5H2,(H2,7,8,9). The van der Waals surface area contributed by atoms with Crippen molar-refractivity contribution < 1.29 is 8.42 Å². The Labute approximate surface area is 71.4 Å². The molecule has 62 valence electrons. The van der Waals surface area contributed by atoms with Gasteiger partial charge in [-0.1, -0.05) is 24.3 Å². The van der Waals surface area contributed by atoms with Crippen LogP contribution in [0.15, 0.2) is 24.3 Å². The van der Waals surface area contributed by atoms with Crippen LogP contribution in [0.1, 0.15) is 6.42 Å². The number of thiol groups is 1. The zero-order valence-corrected chi connectivity index (χ0v) is 7.48. The first-order chi connectivity index (χ1) is 4.96. The second-order valence-corrected chi connectivity index (χ2v) is 5.30. The summed E-state index contributed by atoms with van der Waals surface area (Å²) in [5, 5.41) is 4.96. The van der Waals surface area contributed by atoms with Crippen LogP contribution in [0, 0.1) is 0 Å². The molecule has 0 radical (unpaired) electrons. The summed E-state index contributed by atoms with van der Waals surface area (Å²) in [4.78, 5) is 0. The maximum atomic E-state index is 10.9. The lowest BCUT2D eigenvalue weighted by molar-refractivity contribution is 0.585. The zero-order chi connectivity index (χ0) is 8.54. The summed E-state index contributed by atoms with van der Waals surface area (Å²) in [7, 11) is -3.60. The number of nitrogens with two attached hydrogens (primary N) is 1. The lowest BCUT2D eigenvalue weighted by Gasteiger charge is -2.21. The van der Waals surface area contributed by atoms with Crippen LogP contribution in [0.5, 0.6) is 0 Å². The molecule has 0 aliphatic heterocycles. The Morgan fingerprint density at radius 2 is 2.09 bits per heavy atom. The van der Waals surface area contributed by atoms with Crippen molar-refractivity contribution in [3.8, 4) is 0 Å². The minimum Gasteiger partial charge on any atom is -0.227 e. The van der Waals surface area contributed by atoms with Crippen molar-refractivity contribution in [2.75, 3.05) is 0 Å². The molecular formula is C6H9NO2S2. The third-order valence-corrected chi connectivity index (χ3v) is 3.89. The van der Waals surface area contributed by atoms with Crippen molar-refractivity contribution in [1.29, 1.82) is 0 Å². The van der Waals surface area contributed by atoms with Gasteiger partial charge < -0.3 is 0 Å². The highest BCUT2D eigenvalue weighted by Gasteiger charge is 2.34. The molecule has 0 saturated heterocycles. The van der Waals surface area contributed by atoms with Crippen LogP contribution in [-0.4, -0.2) is 12.5 Å². The fourth-order valence-corrected chi connectivity index (χ4v) is 1.59. The first-order valence-electron chi connectivity index (χ1n) is 3.05. The van der Waals surface area contributed by atoms with E-state index in [9.17, 15) is 8.42 Å². The Kier molecular flexibility index (Phi) is 2.13. The predicted molar refractivity (Wildman–Crippen MR) is 47.7 cm³/mol. The monoisotopic (exact) mass is 191 g/mol. The van der Waals surface area contributed by atoms with Gasteiger partial charge in [0.05, 0.1) is 0 Å². The highest BCUT2D eigenvalue weighted by molar-refractivity contribution is 8.05. The van der Waals surface area contributed by atoms with Crippen LogP contribution < -0.4 is 5.14 Å². The van der Waals surface area contributed by atoms with E-state index in [2.05, 4.69) is 12.6 Å². The van der Waals surface area contributed by atoms with Crippen LogP contribution in [0.25, 0.3) is 0 Å². The average molecular weight is 191 g/mol. The highest BCUT2D eigenvalue weighted by atomic mass is 32.3. The molecule has 1 atom stereocenters. The molecular weight excluding hydrogens is 182 g/mol.